The molecule has 0 bridgehead atoms. The van der Waals surface area contributed by atoms with Crippen molar-refractivity contribution in [1.29, 1.82) is 0 Å². The van der Waals surface area contributed by atoms with Crippen LogP contribution < -0.4 is 11.1 Å². The second-order valence-corrected chi connectivity index (χ2v) is 4.26. The molecule has 2 unspecified atom stereocenters. The zero-order valence-corrected chi connectivity index (χ0v) is 9.99. The molecule has 0 saturated heterocycles. The van der Waals surface area contributed by atoms with Crippen LogP contribution in [-0.2, 0) is 4.79 Å². The summed E-state index contributed by atoms with van der Waals surface area (Å²) in [6.07, 6.45) is 1.75. The molecule has 0 aromatic rings. The molecule has 2 atom stereocenters. The molecule has 15 heavy (non-hydrogen) atoms. The van der Waals surface area contributed by atoms with Crippen LogP contribution in [0.25, 0.3) is 0 Å². The van der Waals surface area contributed by atoms with Gasteiger partial charge in [-0.15, -0.1) is 0 Å². The number of hydrogen-bond donors (Lipinski definition) is 3. The highest BCUT2D eigenvalue weighted by atomic mass is 16.3. The average molecular weight is 216 g/mol. The molecule has 0 spiro atoms. The monoisotopic (exact) mass is 216 g/mol. The van der Waals surface area contributed by atoms with Crippen LogP contribution >= 0.6 is 0 Å². The Morgan fingerprint density at radius 1 is 1.47 bits per heavy atom. The van der Waals surface area contributed by atoms with Crippen LogP contribution in [0.4, 0.5) is 0 Å². The molecule has 1 amide bonds. The first-order valence-electron chi connectivity index (χ1n) is 5.68. The fourth-order valence-electron chi connectivity index (χ4n) is 1.43. The van der Waals surface area contributed by atoms with Gasteiger partial charge in [0.2, 0.25) is 5.91 Å². The Bertz CT molecular complexity index is 183. The van der Waals surface area contributed by atoms with E-state index in [-0.39, 0.29) is 30.4 Å². The third-order valence-corrected chi connectivity index (χ3v) is 2.62. The van der Waals surface area contributed by atoms with E-state index >= 15 is 0 Å². The molecule has 0 aliphatic carbocycles. The summed E-state index contributed by atoms with van der Waals surface area (Å²) in [5.74, 6) is 0.0777. The molecule has 0 heterocycles. The van der Waals surface area contributed by atoms with Gasteiger partial charge in [-0.1, -0.05) is 27.2 Å². The average Bonchev–Trinajstić information content (AvgIpc) is 2.21. The molecule has 0 aromatic heterocycles. The van der Waals surface area contributed by atoms with Crippen molar-refractivity contribution in [2.45, 2.75) is 39.7 Å². The van der Waals surface area contributed by atoms with Crippen molar-refractivity contribution in [3.63, 3.8) is 0 Å². The molecule has 0 aliphatic rings. The van der Waals surface area contributed by atoms with Crippen LogP contribution in [0.3, 0.4) is 0 Å². The minimum atomic E-state index is -0.164. The van der Waals surface area contributed by atoms with Gasteiger partial charge in [0.1, 0.15) is 0 Å². The minimum absolute atomic E-state index is 0.0210. The molecule has 0 saturated carbocycles. The standard InChI is InChI=1S/C11H24N2O2/c1-4-5-9(6-12)11(15)13-10(7-14)8(2)3/h8-10,14H,4-7,12H2,1-3H3,(H,13,15). The summed E-state index contributed by atoms with van der Waals surface area (Å²) in [6.45, 7) is 6.32. The SMILES string of the molecule is CCCC(CN)C(=O)NC(CO)C(C)C. The van der Waals surface area contributed by atoms with Gasteiger partial charge in [-0.3, -0.25) is 4.79 Å². The molecular weight excluding hydrogens is 192 g/mol. The minimum Gasteiger partial charge on any atom is -0.394 e. The fourth-order valence-corrected chi connectivity index (χ4v) is 1.43. The Hall–Kier alpha value is -0.610. The van der Waals surface area contributed by atoms with Crippen LogP contribution in [-0.4, -0.2) is 30.2 Å². The lowest BCUT2D eigenvalue weighted by Crippen LogP contribution is -2.45. The van der Waals surface area contributed by atoms with Crippen molar-refractivity contribution in [1.82, 2.24) is 5.32 Å². The highest BCUT2D eigenvalue weighted by Gasteiger charge is 2.20. The van der Waals surface area contributed by atoms with Crippen molar-refractivity contribution in [2.75, 3.05) is 13.2 Å². The van der Waals surface area contributed by atoms with Gasteiger partial charge >= 0.3 is 0 Å². The maximum Gasteiger partial charge on any atom is 0.224 e. The molecule has 90 valence electrons. The van der Waals surface area contributed by atoms with Gasteiger partial charge in [-0.25, -0.2) is 0 Å². The first-order chi connectivity index (χ1) is 7.06. The molecule has 0 fully saturated rings. The maximum atomic E-state index is 11.7. The lowest BCUT2D eigenvalue weighted by atomic mass is 10.0. The summed E-state index contributed by atoms with van der Waals surface area (Å²) >= 11 is 0. The summed E-state index contributed by atoms with van der Waals surface area (Å²) in [4.78, 5) is 11.7. The number of nitrogens with one attached hydrogen (secondary N) is 1. The Kier molecular flexibility index (Phi) is 7.34. The second-order valence-electron chi connectivity index (χ2n) is 4.26. The van der Waals surface area contributed by atoms with Crippen molar-refractivity contribution >= 4 is 5.91 Å². The van der Waals surface area contributed by atoms with Gasteiger partial charge in [0.25, 0.3) is 0 Å². The summed E-state index contributed by atoms with van der Waals surface area (Å²) in [6, 6.07) is -0.164. The molecule has 0 radical (unpaired) electrons. The highest BCUT2D eigenvalue weighted by Crippen LogP contribution is 2.07. The van der Waals surface area contributed by atoms with Gasteiger partial charge in [0, 0.05) is 6.54 Å². The summed E-state index contributed by atoms with van der Waals surface area (Å²) in [7, 11) is 0. The Morgan fingerprint density at radius 3 is 2.40 bits per heavy atom. The summed E-state index contributed by atoms with van der Waals surface area (Å²) in [5, 5.41) is 11.9. The van der Waals surface area contributed by atoms with E-state index in [2.05, 4.69) is 5.32 Å². The van der Waals surface area contributed by atoms with Crippen molar-refractivity contribution in [2.24, 2.45) is 17.6 Å². The van der Waals surface area contributed by atoms with E-state index in [1.165, 1.54) is 0 Å². The van der Waals surface area contributed by atoms with Crippen LogP contribution in [0.5, 0.6) is 0 Å². The van der Waals surface area contributed by atoms with Gasteiger partial charge in [0.15, 0.2) is 0 Å². The quantitative estimate of drug-likeness (QED) is 0.580. The number of rotatable bonds is 7. The normalized spacial score (nSPS) is 15.1. The van der Waals surface area contributed by atoms with Crippen LogP contribution in [0.2, 0.25) is 0 Å². The first kappa shape index (κ1) is 14.4. The second kappa shape index (κ2) is 7.65. The largest absolute Gasteiger partial charge is 0.394 e. The molecule has 0 aliphatic heterocycles. The van der Waals surface area contributed by atoms with Crippen LogP contribution in [0.15, 0.2) is 0 Å². The van der Waals surface area contributed by atoms with E-state index in [9.17, 15) is 4.79 Å². The molecule has 4 N–H and O–H groups in total. The predicted molar refractivity (Wildman–Crippen MR) is 61.3 cm³/mol. The van der Waals surface area contributed by atoms with Gasteiger partial charge in [0.05, 0.1) is 18.6 Å². The third kappa shape index (κ3) is 5.14. The zero-order chi connectivity index (χ0) is 11.8. The molecular formula is C11H24N2O2. The van der Waals surface area contributed by atoms with Gasteiger partial charge in [-0.2, -0.15) is 0 Å². The number of aliphatic hydroxyl groups excluding tert-OH is 1. The number of aliphatic hydroxyl groups is 1. The van der Waals surface area contributed by atoms with E-state index in [0.29, 0.717) is 6.54 Å². The molecule has 4 nitrogen and oxygen atoms in total. The molecule has 4 heteroatoms. The first-order valence-corrected chi connectivity index (χ1v) is 5.68. The smallest absolute Gasteiger partial charge is 0.224 e. The zero-order valence-electron chi connectivity index (χ0n) is 9.99. The van der Waals surface area contributed by atoms with Gasteiger partial charge < -0.3 is 16.2 Å². The summed E-state index contributed by atoms with van der Waals surface area (Å²) in [5.41, 5.74) is 5.53. The van der Waals surface area contributed by atoms with E-state index in [1.807, 2.05) is 20.8 Å². The van der Waals surface area contributed by atoms with Crippen molar-refractivity contribution in [3.05, 3.63) is 0 Å². The van der Waals surface area contributed by atoms with E-state index in [1.54, 1.807) is 0 Å². The number of hydrogen-bond acceptors (Lipinski definition) is 3. The van der Waals surface area contributed by atoms with Crippen molar-refractivity contribution in [3.8, 4) is 0 Å². The molecule has 0 aromatic carbocycles. The number of carbonyl (C=O) groups excluding carboxylic acids is 1. The van der Waals surface area contributed by atoms with Crippen molar-refractivity contribution < 1.29 is 9.90 Å². The van der Waals surface area contributed by atoms with E-state index < -0.39 is 0 Å². The topological polar surface area (TPSA) is 75.4 Å². The summed E-state index contributed by atoms with van der Waals surface area (Å²) < 4.78 is 0. The van der Waals surface area contributed by atoms with Crippen LogP contribution in [0, 0.1) is 11.8 Å². The maximum absolute atomic E-state index is 11.7. The van der Waals surface area contributed by atoms with E-state index in [0.717, 1.165) is 12.8 Å². The third-order valence-electron chi connectivity index (χ3n) is 2.62. The highest BCUT2D eigenvalue weighted by molar-refractivity contribution is 5.79. The number of carbonyl (C=O) groups is 1. The number of nitrogens with two attached hydrogens (primary N) is 1. The Morgan fingerprint density at radius 2 is 2.07 bits per heavy atom. The predicted octanol–water partition coefficient (Wildman–Crippen LogP) is 0.495. The van der Waals surface area contributed by atoms with Gasteiger partial charge in [-0.05, 0) is 12.3 Å². The number of amides is 1. The molecule has 0 rings (SSSR count). The van der Waals surface area contributed by atoms with Crippen LogP contribution in [0.1, 0.15) is 33.6 Å². The van der Waals surface area contributed by atoms with E-state index in [4.69, 9.17) is 10.8 Å². The lowest BCUT2D eigenvalue weighted by Gasteiger charge is -2.23. The fraction of sp³-hybridized carbons (Fsp3) is 0.909. The Labute approximate surface area is 92.2 Å². The Balaban J connectivity index is 4.18. The lowest BCUT2D eigenvalue weighted by molar-refractivity contribution is -0.126.